The van der Waals surface area contributed by atoms with Crippen LogP contribution in [0.5, 0.6) is 0 Å². The fourth-order valence-corrected chi connectivity index (χ4v) is 7.77. The van der Waals surface area contributed by atoms with E-state index in [4.69, 9.17) is 13.9 Å². The maximum absolute atomic E-state index is 14.2. The van der Waals surface area contributed by atoms with E-state index in [0.29, 0.717) is 25.4 Å². The van der Waals surface area contributed by atoms with E-state index in [2.05, 4.69) is 53.4 Å². The van der Waals surface area contributed by atoms with Gasteiger partial charge < -0.3 is 23.7 Å². The van der Waals surface area contributed by atoms with Crippen LogP contribution < -0.4 is 0 Å². The molecule has 0 aromatic heterocycles. The molecule has 3 saturated heterocycles. The topological polar surface area (TPSA) is 91.9 Å². The number of carbonyl (C=O) groups is 2. The molecule has 0 unspecified atom stereocenters. The van der Waals surface area contributed by atoms with Crippen molar-refractivity contribution in [3.8, 4) is 0 Å². The van der Waals surface area contributed by atoms with Crippen LogP contribution in [0, 0.1) is 11.3 Å². The molecule has 0 aliphatic carbocycles. The van der Waals surface area contributed by atoms with E-state index in [-0.39, 0.29) is 55.1 Å². The Hall–Kier alpha value is -1.03. The molecule has 232 valence electrons. The van der Waals surface area contributed by atoms with Crippen LogP contribution in [0.2, 0.25) is 0 Å². The van der Waals surface area contributed by atoms with E-state index in [1.807, 2.05) is 4.90 Å². The number of fused-ring (bicyclic) bond motifs is 1. The van der Waals surface area contributed by atoms with Crippen LogP contribution in [0.1, 0.15) is 88.0 Å². The van der Waals surface area contributed by atoms with Crippen molar-refractivity contribution in [1.82, 2.24) is 19.8 Å². The van der Waals surface area contributed by atoms with E-state index in [9.17, 15) is 14.2 Å². The molecule has 0 N–H and O–H groups in total. The Bertz CT molecular complexity index is 891. The first-order chi connectivity index (χ1) is 18.7. The Balaban J connectivity index is 1.95. The van der Waals surface area contributed by atoms with Gasteiger partial charge in [0.25, 0.3) is 5.91 Å². The molecule has 0 saturated carbocycles. The molecule has 3 rings (SSSR count). The molecule has 2 amide bonds. The van der Waals surface area contributed by atoms with Crippen molar-refractivity contribution < 1.29 is 28.0 Å². The molecule has 10 nitrogen and oxygen atoms in total. The van der Waals surface area contributed by atoms with Gasteiger partial charge in [0, 0.05) is 31.7 Å². The summed E-state index contributed by atoms with van der Waals surface area (Å²) in [4.78, 5) is 40.9. The summed E-state index contributed by atoms with van der Waals surface area (Å²) in [5.41, 5.74) is -0.161. The molecule has 3 heterocycles. The second kappa shape index (κ2) is 14.0. The smallest absolute Gasteiger partial charge is 0.332 e. The van der Waals surface area contributed by atoms with Crippen LogP contribution in [0.15, 0.2) is 0 Å². The molecule has 3 aliphatic rings. The lowest BCUT2D eigenvalue weighted by molar-refractivity contribution is -0.288. The zero-order valence-electron chi connectivity index (χ0n) is 26.4. The van der Waals surface area contributed by atoms with Gasteiger partial charge in [-0.2, -0.15) is 5.06 Å². The van der Waals surface area contributed by atoms with Gasteiger partial charge in [0.05, 0.1) is 25.9 Å². The summed E-state index contributed by atoms with van der Waals surface area (Å²) in [6.45, 7) is 21.6. The SMILES string of the molecule is CCOP(=O)(CCN1O[C@H](CC(C)C)C(=O)N2[C@@H]1CN(C1CCN(C(C)C)CC1)C(=O)[C@@H]2CC(C)(C)C)OCC. The van der Waals surface area contributed by atoms with Crippen LogP contribution in [-0.4, -0.2) is 108 Å². The third kappa shape index (κ3) is 8.29. The number of piperazine rings is 1. The minimum Gasteiger partial charge on any atom is -0.334 e. The van der Waals surface area contributed by atoms with Gasteiger partial charge in [-0.05, 0) is 64.7 Å². The summed E-state index contributed by atoms with van der Waals surface area (Å²) in [7, 11) is -3.33. The Morgan fingerprint density at radius 1 is 1.00 bits per heavy atom. The van der Waals surface area contributed by atoms with Gasteiger partial charge in [-0.25, -0.2) is 0 Å². The zero-order valence-corrected chi connectivity index (χ0v) is 27.3. The first-order valence-corrected chi connectivity index (χ1v) is 17.1. The molecular formula is C29H55N4O6P. The number of amides is 2. The lowest BCUT2D eigenvalue weighted by atomic mass is 9.84. The number of hydrogen-bond acceptors (Lipinski definition) is 8. The highest BCUT2D eigenvalue weighted by Gasteiger charge is 2.53. The summed E-state index contributed by atoms with van der Waals surface area (Å²) < 4.78 is 24.5. The molecule has 0 aromatic rings. The number of hydrogen-bond donors (Lipinski definition) is 0. The Morgan fingerprint density at radius 2 is 1.60 bits per heavy atom. The molecule has 3 atom stereocenters. The monoisotopic (exact) mass is 586 g/mol. The predicted octanol–water partition coefficient (Wildman–Crippen LogP) is 4.59. The zero-order chi connectivity index (χ0) is 29.8. The minimum absolute atomic E-state index is 0.0435. The number of piperidine rings is 1. The highest BCUT2D eigenvalue weighted by molar-refractivity contribution is 7.53. The van der Waals surface area contributed by atoms with Gasteiger partial charge in [0.2, 0.25) is 5.91 Å². The number of nitrogens with zero attached hydrogens (tertiary/aromatic N) is 4. The van der Waals surface area contributed by atoms with Crippen molar-refractivity contribution in [3.63, 3.8) is 0 Å². The summed E-state index contributed by atoms with van der Waals surface area (Å²) in [6.07, 6.45) is 1.93. The van der Waals surface area contributed by atoms with E-state index >= 15 is 0 Å². The summed E-state index contributed by atoms with van der Waals surface area (Å²) in [6, 6.07) is 0.0303. The Kier molecular flexibility index (Phi) is 11.7. The molecule has 0 spiro atoms. The van der Waals surface area contributed by atoms with Crippen LogP contribution in [0.25, 0.3) is 0 Å². The number of likely N-dealkylation sites (tertiary alicyclic amines) is 1. The van der Waals surface area contributed by atoms with Gasteiger partial charge in [0.15, 0.2) is 6.10 Å². The Labute approximate surface area is 242 Å². The maximum Gasteiger partial charge on any atom is 0.332 e. The van der Waals surface area contributed by atoms with Crippen LogP contribution in [-0.2, 0) is 28.0 Å². The molecule has 0 bridgehead atoms. The van der Waals surface area contributed by atoms with Crippen LogP contribution in [0.4, 0.5) is 0 Å². The normalized spacial score (nSPS) is 26.3. The van der Waals surface area contributed by atoms with E-state index in [0.717, 1.165) is 25.9 Å². The van der Waals surface area contributed by atoms with Crippen LogP contribution in [0.3, 0.4) is 0 Å². The lowest BCUT2D eigenvalue weighted by Crippen LogP contribution is -2.74. The second-order valence-electron chi connectivity index (χ2n) is 13.4. The average molecular weight is 587 g/mol. The molecule has 3 fully saturated rings. The van der Waals surface area contributed by atoms with Crippen molar-refractivity contribution in [1.29, 1.82) is 0 Å². The second-order valence-corrected chi connectivity index (χ2v) is 15.6. The maximum atomic E-state index is 14.2. The van der Waals surface area contributed by atoms with Crippen molar-refractivity contribution in [2.75, 3.05) is 45.6 Å². The lowest BCUT2D eigenvalue weighted by Gasteiger charge is -2.56. The predicted molar refractivity (Wildman–Crippen MR) is 157 cm³/mol. The van der Waals surface area contributed by atoms with Crippen LogP contribution >= 0.6 is 7.60 Å². The summed E-state index contributed by atoms with van der Waals surface area (Å²) >= 11 is 0. The summed E-state index contributed by atoms with van der Waals surface area (Å²) in [5, 5.41) is 1.80. The van der Waals surface area contributed by atoms with Gasteiger partial charge in [-0.1, -0.05) is 34.6 Å². The van der Waals surface area contributed by atoms with Crippen molar-refractivity contribution in [3.05, 3.63) is 0 Å². The molecule has 0 radical (unpaired) electrons. The molecule has 40 heavy (non-hydrogen) atoms. The first-order valence-electron chi connectivity index (χ1n) is 15.4. The highest BCUT2D eigenvalue weighted by atomic mass is 31.2. The quantitative estimate of drug-likeness (QED) is 0.307. The first kappa shape index (κ1) is 33.5. The third-order valence-electron chi connectivity index (χ3n) is 8.12. The standard InChI is InChI=1S/C29H55N4O6P/c1-10-37-40(36,38-11-2)17-16-32-26-20-31(23-12-14-30(15-13-23)22(5)6)27(34)24(19-29(7,8)9)33(26)28(35)25(39-32)18-21(3)4/h21-26H,10-20H2,1-9H3/t24-,25+,26+/m0/s1. The number of rotatable bonds is 12. The number of hydroxylamine groups is 2. The largest absolute Gasteiger partial charge is 0.334 e. The fraction of sp³-hybridized carbons (Fsp3) is 0.931. The highest BCUT2D eigenvalue weighted by Crippen LogP contribution is 2.48. The van der Waals surface area contributed by atoms with E-state index in [1.54, 1.807) is 23.8 Å². The summed E-state index contributed by atoms with van der Waals surface area (Å²) in [5.74, 6) is 0.154. The van der Waals surface area contributed by atoms with Crippen molar-refractivity contribution in [2.24, 2.45) is 11.3 Å². The van der Waals surface area contributed by atoms with Gasteiger partial charge in [-0.15, -0.1) is 0 Å². The molecular weight excluding hydrogens is 531 g/mol. The minimum atomic E-state index is -3.33. The van der Waals surface area contributed by atoms with Gasteiger partial charge >= 0.3 is 7.60 Å². The average Bonchev–Trinajstić information content (AvgIpc) is 2.85. The van der Waals surface area contributed by atoms with E-state index in [1.165, 1.54) is 0 Å². The van der Waals surface area contributed by atoms with Gasteiger partial charge in [0.1, 0.15) is 12.2 Å². The fourth-order valence-electron chi connectivity index (χ4n) is 6.21. The van der Waals surface area contributed by atoms with Crippen molar-refractivity contribution in [2.45, 2.75) is 118 Å². The van der Waals surface area contributed by atoms with Crippen molar-refractivity contribution >= 4 is 19.4 Å². The molecule has 0 aromatic carbocycles. The number of carbonyl (C=O) groups excluding carboxylic acids is 2. The van der Waals surface area contributed by atoms with Gasteiger partial charge in [-0.3, -0.25) is 19.0 Å². The molecule has 11 heteroatoms. The third-order valence-corrected chi connectivity index (χ3v) is 10.2. The molecule has 3 aliphatic heterocycles. The van der Waals surface area contributed by atoms with E-state index < -0.39 is 25.9 Å². The Morgan fingerprint density at radius 3 is 2.10 bits per heavy atom.